The van der Waals surface area contributed by atoms with E-state index in [1.54, 1.807) is 5.38 Å². The van der Waals surface area contributed by atoms with Crippen LogP contribution in [0.1, 0.15) is 0 Å². The van der Waals surface area contributed by atoms with Gasteiger partial charge in [-0.15, -0.1) is 11.3 Å². The molecule has 0 bridgehead atoms. The van der Waals surface area contributed by atoms with Gasteiger partial charge in [-0.25, -0.2) is 9.37 Å². The number of anilines is 1. The van der Waals surface area contributed by atoms with Crippen molar-refractivity contribution >= 4 is 28.1 Å². The van der Waals surface area contributed by atoms with Crippen LogP contribution in [0.25, 0.3) is 11.3 Å². The first kappa shape index (κ1) is 19.2. The molecule has 0 saturated carbocycles. The summed E-state index contributed by atoms with van der Waals surface area (Å²) in [6.45, 7) is -0.348. The lowest BCUT2D eigenvalue weighted by atomic mass is 10.1. The summed E-state index contributed by atoms with van der Waals surface area (Å²) in [6.07, 6.45) is 0. The first-order valence-electron chi connectivity index (χ1n) is 7.93. The number of nitro benzene ring substituents is 1. The predicted octanol–water partition coefficient (Wildman–Crippen LogP) is 3.88. The van der Waals surface area contributed by atoms with E-state index in [-0.39, 0.29) is 18.0 Å². The van der Waals surface area contributed by atoms with Gasteiger partial charge in [-0.1, -0.05) is 6.07 Å². The molecule has 0 unspecified atom stereocenters. The average Bonchev–Trinajstić information content (AvgIpc) is 3.15. The van der Waals surface area contributed by atoms with Gasteiger partial charge in [-0.05, 0) is 24.3 Å². The summed E-state index contributed by atoms with van der Waals surface area (Å²) in [6, 6.07) is 9.60. The van der Waals surface area contributed by atoms with Crippen LogP contribution in [0.4, 0.5) is 15.2 Å². The summed E-state index contributed by atoms with van der Waals surface area (Å²) in [4.78, 5) is 26.5. The Labute approximate surface area is 162 Å². The van der Waals surface area contributed by atoms with E-state index in [4.69, 9.17) is 9.47 Å². The van der Waals surface area contributed by atoms with Crippen molar-refractivity contribution in [3.63, 3.8) is 0 Å². The minimum atomic E-state index is -0.551. The van der Waals surface area contributed by atoms with Crippen LogP contribution in [-0.4, -0.2) is 29.5 Å². The van der Waals surface area contributed by atoms with E-state index < -0.39 is 16.6 Å². The van der Waals surface area contributed by atoms with E-state index in [0.717, 1.165) is 11.3 Å². The van der Waals surface area contributed by atoms with Crippen LogP contribution < -0.4 is 14.8 Å². The Hall–Kier alpha value is -3.53. The summed E-state index contributed by atoms with van der Waals surface area (Å²) >= 11 is 1.16. The van der Waals surface area contributed by atoms with E-state index in [9.17, 15) is 19.3 Å². The van der Waals surface area contributed by atoms with Gasteiger partial charge in [-0.3, -0.25) is 20.2 Å². The summed E-state index contributed by atoms with van der Waals surface area (Å²) in [7, 11) is 1.47. The number of methoxy groups -OCH3 is 1. The molecule has 28 heavy (non-hydrogen) atoms. The molecule has 0 fully saturated rings. The molecule has 0 radical (unpaired) electrons. The Morgan fingerprint density at radius 3 is 2.89 bits per heavy atom. The highest BCUT2D eigenvalue weighted by molar-refractivity contribution is 7.14. The highest BCUT2D eigenvalue weighted by atomic mass is 32.1. The number of nitro groups is 1. The highest BCUT2D eigenvalue weighted by Crippen LogP contribution is 2.32. The molecule has 1 aromatic heterocycles. The molecule has 3 aromatic rings. The van der Waals surface area contributed by atoms with Crippen LogP contribution >= 0.6 is 11.3 Å². The van der Waals surface area contributed by atoms with Gasteiger partial charge in [-0.2, -0.15) is 0 Å². The zero-order valence-electron chi connectivity index (χ0n) is 14.5. The van der Waals surface area contributed by atoms with Crippen molar-refractivity contribution in [3.05, 3.63) is 63.8 Å². The van der Waals surface area contributed by atoms with Gasteiger partial charge in [0.25, 0.3) is 11.6 Å². The number of nitrogens with zero attached hydrogens (tertiary/aromatic N) is 2. The molecule has 0 aliphatic rings. The van der Waals surface area contributed by atoms with Crippen molar-refractivity contribution < 1.29 is 23.6 Å². The van der Waals surface area contributed by atoms with Crippen LogP contribution in [0.2, 0.25) is 0 Å². The third kappa shape index (κ3) is 4.60. The number of carbonyl (C=O) groups excluding carboxylic acids is 1. The fourth-order valence-electron chi connectivity index (χ4n) is 2.33. The monoisotopic (exact) mass is 403 g/mol. The highest BCUT2D eigenvalue weighted by Gasteiger charge is 2.13. The molecule has 0 aliphatic heterocycles. The van der Waals surface area contributed by atoms with Gasteiger partial charge >= 0.3 is 0 Å². The number of thiazole rings is 1. The van der Waals surface area contributed by atoms with Gasteiger partial charge in [0.1, 0.15) is 17.3 Å². The van der Waals surface area contributed by atoms with Crippen LogP contribution in [0.15, 0.2) is 47.8 Å². The van der Waals surface area contributed by atoms with E-state index >= 15 is 0 Å². The van der Waals surface area contributed by atoms with E-state index in [1.165, 1.54) is 49.6 Å². The minimum absolute atomic E-state index is 0.133. The average molecular weight is 403 g/mol. The minimum Gasteiger partial charge on any atom is -0.496 e. The third-order valence-electron chi connectivity index (χ3n) is 3.59. The number of non-ortho nitro benzene ring substituents is 1. The molecular formula is C18H14FN3O5S. The van der Waals surface area contributed by atoms with Crippen molar-refractivity contribution in [1.29, 1.82) is 0 Å². The fourth-order valence-corrected chi connectivity index (χ4v) is 3.05. The lowest BCUT2D eigenvalue weighted by Crippen LogP contribution is -2.20. The quantitative estimate of drug-likeness (QED) is 0.474. The zero-order valence-corrected chi connectivity index (χ0v) is 15.4. The normalized spacial score (nSPS) is 10.4. The number of benzene rings is 2. The number of aromatic nitrogens is 1. The van der Waals surface area contributed by atoms with Crippen LogP contribution in [-0.2, 0) is 4.79 Å². The van der Waals surface area contributed by atoms with Crippen molar-refractivity contribution in [1.82, 2.24) is 4.98 Å². The van der Waals surface area contributed by atoms with Gasteiger partial charge in [0.05, 0.1) is 23.8 Å². The Morgan fingerprint density at radius 1 is 1.32 bits per heavy atom. The number of carbonyl (C=O) groups is 1. The van der Waals surface area contributed by atoms with Crippen molar-refractivity contribution in [2.24, 2.45) is 0 Å². The maximum absolute atomic E-state index is 13.5. The van der Waals surface area contributed by atoms with Crippen molar-refractivity contribution in [2.75, 3.05) is 19.0 Å². The second-order valence-corrected chi connectivity index (χ2v) is 6.33. The first-order chi connectivity index (χ1) is 13.5. The molecule has 2 aromatic carbocycles. The molecule has 0 saturated heterocycles. The topological polar surface area (TPSA) is 104 Å². The molecule has 0 aliphatic carbocycles. The molecule has 3 rings (SSSR count). The van der Waals surface area contributed by atoms with E-state index in [1.807, 2.05) is 0 Å². The number of rotatable bonds is 7. The number of ether oxygens (including phenoxy) is 2. The standard InChI is InChI=1S/C18H14FN3O5S/c1-26-16-6-5-11(19)7-14(16)15-10-28-18(20-15)21-17(23)9-27-13-4-2-3-12(8-13)22(24)25/h2-8,10H,9H2,1H3,(H,20,21,23). The van der Waals surface area contributed by atoms with E-state index in [0.29, 0.717) is 22.1 Å². The molecule has 1 amide bonds. The summed E-state index contributed by atoms with van der Waals surface area (Å²) in [5.74, 6) is -0.259. The molecule has 144 valence electrons. The summed E-state index contributed by atoms with van der Waals surface area (Å²) in [5.41, 5.74) is 0.787. The number of hydrogen-bond acceptors (Lipinski definition) is 7. The number of nitrogens with one attached hydrogen (secondary N) is 1. The Bertz CT molecular complexity index is 1020. The smallest absolute Gasteiger partial charge is 0.273 e. The predicted molar refractivity (Wildman–Crippen MR) is 101 cm³/mol. The fraction of sp³-hybridized carbons (Fsp3) is 0.111. The lowest BCUT2D eigenvalue weighted by molar-refractivity contribution is -0.384. The molecule has 1 heterocycles. The second kappa shape index (κ2) is 8.44. The van der Waals surface area contributed by atoms with Gasteiger partial charge in [0.2, 0.25) is 0 Å². The lowest BCUT2D eigenvalue weighted by Gasteiger charge is -2.06. The van der Waals surface area contributed by atoms with Crippen molar-refractivity contribution in [2.45, 2.75) is 0 Å². The van der Waals surface area contributed by atoms with E-state index in [2.05, 4.69) is 10.3 Å². The maximum Gasteiger partial charge on any atom is 0.273 e. The van der Waals surface area contributed by atoms with Gasteiger partial charge in [0.15, 0.2) is 11.7 Å². The number of halogens is 1. The first-order valence-corrected chi connectivity index (χ1v) is 8.81. The SMILES string of the molecule is COc1ccc(F)cc1-c1csc(NC(=O)COc2cccc([N+](=O)[O-])c2)n1. The maximum atomic E-state index is 13.5. The largest absolute Gasteiger partial charge is 0.496 e. The van der Waals surface area contributed by atoms with Crippen LogP contribution in [0.5, 0.6) is 11.5 Å². The Morgan fingerprint density at radius 2 is 2.14 bits per heavy atom. The summed E-state index contributed by atoms with van der Waals surface area (Å²) < 4.78 is 24.0. The Balaban J connectivity index is 1.64. The van der Waals surface area contributed by atoms with Gasteiger partial charge in [0, 0.05) is 17.0 Å². The second-order valence-electron chi connectivity index (χ2n) is 5.47. The molecule has 8 nitrogen and oxygen atoms in total. The third-order valence-corrected chi connectivity index (χ3v) is 4.34. The molecular weight excluding hydrogens is 389 g/mol. The van der Waals surface area contributed by atoms with Gasteiger partial charge < -0.3 is 9.47 Å². The van der Waals surface area contributed by atoms with Crippen LogP contribution in [0, 0.1) is 15.9 Å². The molecule has 10 heteroatoms. The summed E-state index contributed by atoms with van der Waals surface area (Å²) in [5, 5.41) is 15.3. The number of amides is 1. The Kier molecular flexibility index (Phi) is 5.80. The van der Waals surface area contributed by atoms with Crippen LogP contribution in [0.3, 0.4) is 0 Å². The number of hydrogen-bond donors (Lipinski definition) is 1. The molecule has 1 N–H and O–H groups in total. The molecule has 0 spiro atoms. The van der Waals surface area contributed by atoms with Crippen molar-refractivity contribution in [3.8, 4) is 22.8 Å². The molecule has 0 atom stereocenters. The zero-order chi connectivity index (χ0) is 20.1.